The Morgan fingerprint density at radius 1 is 1.48 bits per heavy atom. The number of nitrogens with two attached hydrogens (primary N) is 1. The van der Waals surface area contributed by atoms with E-state index in [1.165, 1.54) is 18.2 Å². The molecule has 1 saturated carbocycles. The van der Waals surface area contributed by atoms with Gasteiger partial charge >= 0.3 is 0 Å². The number of anilines is 1. The molecule has 1 aromatic rings. The van der Waals surface area contributed by atoms with Crippen LogP contribution in [0.2, 0.25) is 0 Å². The second-order valence-corrected chi connectivity index (χ2v) is 5.80. The van der Waals surface area contributed by atoms with Gasteiger partial charge < -0.3 is 10.7 Å². The Labute approximate surface area is 123 Å². The van der Waals surface area contributed by atoms with E-state index in [0.29, 0.717) is 12.5 Å². The Bertz CT molecular complexity index is 567. The van der Waals surface area contributed by atoms with Crippen LogP contribution in [0, 0.1) is 21.4 Å². The normalized spacial score (nSPS) is 15.6. The largest absolute Gasteiger partial charge is 0.351 e. The van der Waals surface area contributed by atoms with E-state index in [9.17, 15) is 14.9 Å². The first-order chi connectivity index (χ1) is 9.91. The topological polar surface area (TPSA) is 110 Å². The summed E-state index contributed by atoms with van der Waals surface area (Å²) in [7, 11) is 0. The van der Waals surface area contributed by atoms with Crippen LogP contribution < -0.4 is 16.6 Å². The number of amides is 1. The zero-order valence-corrected chi connectivity index (χ0v) is 12.2. The molecule has 114 valence electrons. The minimum Gasteiger partial charge on any atom is -0.351 e. The summed E-state index contributed by atoms with van der Waals surface area (Å²) in [6.07, 6.45) is 2.20. The third-order valence-electron chi connectivity index (χ3n) is 4.35. The van der Waals surface area contributed by atoms with Crippen LogP contribution in [0.15, 0.2) is 18.2 Å². The summed E-state index contributed by atoms with van der Waals surface area (Å²) >= 11 is 0. The first-order valence-corrected chi connectivity index (χ1v) is 6.93. The predicted molar refractivity (Wildman–Crippen MR) is 79.7 cm³/mol. The average Bonchev–Trinajstić information content (AvgIpc) is 3.25. The van der Waals surface area contributed by atoms with E-state index >= 15 is 0 Å². The number of para-hydroxylation sites is 1. The average molecular weight is 292 g/mol. The second-order valence-electron chi connectivity index (χ2n) is 5.80. The van der Waals surface area contributed by atoms with Gasteiger partial charge in [0.05, 0.1) is 10.5 Å². The first kappa shape index (κ1) is 15.2. The Hall–Kier alpha value is -2.15. The van der Waals surface area contributed by atoms with E-state index in [0.717, 1.165) is 12.8 Å². The Morgan fingerprint density at radius 3 is 2.62 bits per heavy atom. The number of nitrogens with one attached hydrogen (secondary N) is 2. The van der Waals surface area contributed by atoms with Gasteiger partial charge in [-0.2, -0.15) is 0 Å². The minimum absolute atomic E-state index is 0.0365. The molecule has 1 aromatic carbocycles. The van der Waals surface area contributed by atoms with Crippen molar-refractivity contribution in [1.82, 2.24) is 5.32 Å². The first-order valence-electron chi connectivity index (χ1n) is 6.93. The van der Waals surface area contributed by atoms with E-state index in [-0.39, 0.29) is 28.3 Å². The number of hydrogen-bond acceptors (Lipinski definition) is 5. The highest BCUT2D eigenvalue weighted by Gasteiger charge is 2.45. The van der Waals surface area contributed by atoms with Gasteiger partial charge in [0, 0.05) is 12.6 Å². The fourth-order valence-corrected chi connectivity index (χ4v) is 2.50. The second kappa shape index (κ2) is 5.69. The summed E-state index contributed by atoms with van der Waals surface area (Å²) in [5.41, 5.74) is 2.44. The quantitative estimate of drug-likeness (QED) is 0.422. The SMILES string of the molecule is CC(C)C1(CNC(=O)c2cccc([N+](=O)[O-])c2NN)CC1. The van der Waals surface area contributed by atoms with E-state index in [1.54, 1.807) is 0 Å². The molecule has 0 unspecified atom stereocenters. The smallest absolute Gasteiger partial charge is 0.294 e. The molecule has 7 heteroatoms. The lowest BCUT2D eigenvalue weighted by atomic mass is 9.92. The highest BCUT2D eigenvalue weighted by molar-refractivity contribution is 6.01. The lowest BCUT2D eigenvalue weighted by molar-refractivity contribution is -0.384. The lowest BCUT2D eigenvalue weighted by Gasteiger charge is -2.20. The maximum Gasteiger partial charge on any atom is 0.294 e. The van der Waals surface area contributed by atoms with E-state index in [4.69, 9.17) is 5.84 Å². The Kier molecular flexibility index (Phi) is 4.13. The Balaban J connectivity index is 2.16. The fraction of sp³-hybridized carbons (Fsp3) is 0.500. The number of nitro groups is 1. The number of carbonyl (C=O) groups is 1. The van der Waals surface area contributed by atoms with Crippen molar-refractivity contribution in [3.8, 4) is 0 Å². The molecule has 0 saturated heterocycles. The van der Waals surface area contributed by atoms with Gasteiger partial charge in [-0.25, -0.2) is 0 Å². The fourth-order valence-electron chi connectivity index (χ4n) is 2.50. The summed E-state index contributed by atoms with van der Waals surface area (Å²) in [5.74, 6) is 5.48. The van der Waals surface area contributed by atoms with E-state index in [2.05, 4.69) is 24.6 Å². The van der Waals surface area contributed by atoms with Gasteiger partial charge in [0.15, 0.2) is 0 Å². The van der Waals surface area contributed by atoms with Crippen LogP contribution in [-0.2, 0) is 0 Å². The maximum atomic E-state index is 12.3. The van der Waals surface area contributed by atoms with Crippen molar-refractivity contribution >= 4 is 17.3 Å². The molecule has 1 fully saturated rings. The molecule has 0 heterocycles. The van der Waals surface area contributed by atoms with Gasteiger partial charge in [0.25, 0.3) is 11.6 Å². The van der Waals surface area contributed by atoms with Crippen molar-refractivity contribution in [3.63, 3.8) is 0 Å². The monoisotopic (exact) mass is 292 g/mol. The molecule has 2 rings (SSSR count). The molecule has 1 aliphatic rings. The molecule has 0 bridgehead atoms. The molecule has 7 nitrogen and oxygen atoms in total. The highest BCUT2D eigenvalue weighted by atomic mass is 16.6. The van der Waals surface area contributed by atoms with Crippen molar-refractivity contribution in [1.29, 1.82) is 0 Å². The van der Waals surface area contributed by atoms with Crippen molar-refractivity contribution in [3.05, 3.63) is 33.9 Å². The van der Waals surface area contributed by atoms with E-state index < -0.39 is 4.92 Å². The molecule has 0 aromatic heterocycles. The number of hydrogen-bond donors (Lipinski definition) is 3. The number of nitro benzene ring substituents is 1. The summed E-state index contributed by atoms with van der Waals surface area (Å²) < 4.78 is 0. The van der Waals surface area contributed by atoms with Crippen LogP contribution in [0.4, 0.5) is 11.4 Å². The lowest BCUT2D eigenvalue weighted by Crippen LogP contribution is -2.33. The number of hydrazine groups is 1. The van der Waals surface area contributed by atoms with E-state index in [1.807, 2.05) is 0 Å². The molecule has 0 aliphatic heterocycles. The molecule has 4 N–H and O–H groups in total. The predicted octanol–water partition coefficient (Wildman–Crippen LogP) is 2.05. The molecule has 0 radical (unpaired) electrons. The van der Waals surface area contributed by atoms with Crippen LogP contribution in [0.3, 0.4) is 0 Å². The molecule has 1 amide bonds. The Morgan fingerprint density at radius 2 is 2.14 bits per heavy atom. The molecular formula is C14H20N4O3. The van der Waals surface area contributed by atoms with Gasteiger partial charge in [-0.3, -0.25) is 20.8 Å². The third-order valence-corrected chi connectivity index (χ3v) is 4.35. The highest BCUT2D eigenvalue weighted by Crippen LogP contribution is 2.51. The number of carbonyl (C=O) groups excluding carboxylic acids is 1. The summed E-state index contributed by atoms with van der Waals surface area (Å²) in [4.78, 5) is 22.7. The molecular weight excluding hydrogens is 272 g/mol. The minimum atomic E-state index is -0.567. The summed E-state index contributed by atoms with van der Waals surface area (Å²) in [5, 5.41) is 13.8. The molecule has 0 atom stereocenters. The molecule has 1 aliphatic carbocycles. The molecule has 0 spiro atoms. The molecule has 21 heavy (non-hydrogen) atoms. The van der Waals surface area contributed by atoms with Gasteiger partial charge in [0.1, 0.15) is 5.69 Å². The van der Waals surface area contributed by atoms with Crippen LogP contribution in [0.5, 0.6) is 0 Å². The van der Waals surface area contributed by atoms with Crippen LogP contribution in [-0.4, -0.2) is 17.4 Å². The van der Waals surface area contributed by atoms with Crippen molar-refractivity contribution in [2.24, 2.45) is 17.2 Å². The number of rotatable bonds is 6. The third kappa shape index (κ3) is 2.97. The number of benzene rings is 1. The van der Waals surface area contributed by atoms with Crippen molar-refractivity contribution in [2.75, 3.05) is 12.0 Å². The van der Waals surface area contributed by atoms with Gasteiger partial charge in [-0.15, -0.1) is 0 Å². The number of nitrogen functional groups attached to an aromatic ring is 1. The van der Waals surface area contributed by atoms with Crippen molar-refractivity contribution < 1.29 is 9.72 Å². The van der Waals surface area contributed by atoms with Gasteiger partial charge in [-0.05, 0) is 30.2 Å². The maximum absolute atomic E-state index is 12.3. The zero-order valence-electron chi connectivity index (χ0n) is 12.2. The van der Waals surface area contributed by atoms with Gasteiger partial charge in [0.2, 0.25) is 0 Å². The zero-order chi connectivity index (χ0) is 15.6. The summed E-state index contributed by atoms with van der Waals surface area (Å²) in [6.45, 7) is 4.86. The number of nitrogens with zero attached hydrogens (tertiary/aromatic N) is 1. The summed E-state index contributed by atoms with van der Waals surface area (Å²) in [6, 6.07) is 4.30. The van der Waals surface area contributed by atoms with Crippen LogP contribution in [0.1, 0.15) is 37.0 Å². The standard InChI is InChI=1S/C14H20N4O3/c1-9(2)14(6-7-14)8-16-13(19)10-4-3-5-11(18(20)21)12(10)17-15/h3-5,9,17H,6-8,15H2,1-2H3,(H,16,19). The van der Waals surface area contributed by atoms with Crippen molar-refractivity contribution in [2.45, 2.75) is 26.7 Å². The van der Waals surface area contributed by atoms with Crippen LogP contribution >= 0.6 is 0 Å². The van der Waals surface area contributed by atoms with Gasteiger partial charge in [-0.1, -0.05) is 19.9 Å². The van der Waals surface area contributed by atoms with Crippen LogP contribution in [0.25, 0.3) is 0 Å².